The van der Waals surface area contributed by atoms with Gasteiger partial charge in [-0.1, -0.05) is 19.8 Å². The van der Waals surface area contributed by atoms with Gasteiger partial charge in [-0.05, 0) is 24.6 Å². The molecule has 130 valence electrons. The number of nitrogens with one attached hydrogen (secondary N) is 1. The summed E-state index contributed by atoms with van der Waals surface area (Å²) in [6.07, 6.45) is 3.63. The van der Waals surface area contributed by atoms with Crippen LogP contribution in [0.4, 0.5) is 0 Å². The summed E-state index contributed by atoms with van der Waals surface area (Å²) < 4.78 is 10.6. The van der Waals surface area contributed by atoms with E-state index in [1.54, 1.807) is 14.2 Å². The molecule has 5 nitrogen and oxygen atoms in total. The van der Waals surface area contributed by atoms with Crippen molar-refractivity contribution in [2.24, 2.45) is 0 Å². The third-order valence-electron chi connectivity index (χ3n) is 3.63. The number of thiazole rings is 1. The monoisotopic (exact) mass is 348 g/mol. The predicted octanol–water partition coefficient (Wildman–Crippen LogP) is 3.68. The lowest BCUT2D eigenvalue weighted by Crippen LogP contribution is -2.26. The average molecular weight is 348 g/mol. The minimum Gasteiger partial charge on any atom is -0.493 e. The van der Waals surface area contributed by atoms with Crippen molar-refractivity contribution in [3.63, 3.8) is 0 Å². The Balaban J connectivity index is 1.99. The predicted molar refractivity (Wildman–Crippen MR) is 96.9 cm³/mol. The number of carbonyl (C=O) groups is 1. The first kappa shape index (κ1) is 18.3. The third-order valence-corrected chi connectivity index (χ3v) is 4.57. The molecule has 1 aromatic heterocycles. The van der Waals surface area contributed by atoms with E-state index in [1.165, 1.54) is 11.3 Å². The van der Waals surface area contributed by atoms with Gasteiger partial charge >= 0.3 is 0 Å². The van der Waals surface area contributed by atoms with Crippen LogP contribution in [0.1, 0.15) is 31.9 Å². The molecular weight excluding hydrogens is 324 g/mol. The molecule has 0 unspecified atom stereocenters. The molecule has 2 rings (SSSR count). The molecule has 0 radical (unpaired) electrons. The number of methoxy groups -OCH3 is 2. The van der Waals surface area contributed by atoms with Crippen molar-refractivity contribution in [3.05, 3.63) is 29.3 Å². The lowest BCUT2D eigenvalue weighted by Gasteiger charge is -2.08. The van der Waals surface area contributed by atoms with Gasteiger partial charge in [0, 0.05) is 17.5 Å². The lowest BCUT2D eigenvalue weighted by atomic mass is 10.2. The van der Waals surface area contributed by atoms with Crippen LogP contribution in [0, 0.1) is 0 Å². The van der Waals surface area contributed by atoms with E-state index in [9.17, 15) is 4.79 Å². The quantitative estimate of drug-likeness (QED) is 0.702. The third kappa shape index (κ3) is 4.96. The van der Waals surface area contributed by atoms with Crippen molar-refractivity contribution in [1.29, 1.82) is 0 Å². The maximum Gasteiger partial charge on any atom is 0.226 e. The van der Waals surface area contributed by atoms with Crippen molar-refractivity contribution in [2.45, 2.75) is 32.6 Å². The maximum absolute atomic E-state index is 11.9. The molecule has 6 heteroatoms. The van der Waals surface area contributed by atoms with Gasteiger partial charge in [0.2, 0.25) is 5.91 Å². The summed E-state index contributed by atoms with van der Waals surface area (Å²) in [5, 5.41) is 5.73. The van der Waals surface area contributed by atoms with E-state index in [0.29, 0.717) is 17.9 Å². The Morgan fingerprint density at radius 1 is 1.21 bits per heavy atom. The highest BCUT2D eigenvalue weighted by Gasteiger charge is 2.11. The lowest BCUT2D eigenvalue weighted by molar-refractivity contribution is -0.120. The molecule has 1 heterocycles. The topological polar surface area (TPSA) is 60.5 Å². The van der Waals surface area contributed by atoms with E-state index >= 15 is 0 Å². The minimum atomic E-state index is 0.0234. The molecule has 0 aliphatic heterocycles. The summed E-state index contributed by atoms with van der Waals surface area (Å²) in [4.78, 5) is 16.5. The second kappa shape index (κ2) is 9.27. The minimum absolute atomic E-state index is 0.0234. The van der Waals surface area contributed by atoms with Crippen LogP contribution in [0.15, 0.2) is 23.6 Å². The first-order chi connectivity index (χ1) is 11.7. The van der Waals surface area contributed by atoms with Crippen LogP contribution in [0.2, 0.25) is 0 Å². The van der Waals surface area contributed by atoms with E-state index < -0.39 is 0 Å². The summed E-state index contributed by atoms with van der Waals surface area (Å²) in [5.41, 5.74) is 1.74. The summed E-state index contributed by atoms with van der Waals surface area (Å²) in [6, 6.07) is 5.69. The summed E-state index contributed by atoms with van der Waals surface area (Å²) in [7, 11) is 3.22. The molecule has 1 N–H and O–H groups in total. The van der Waals surface area contributed by atoms with E-state index in [2.05, 4.69) is 17.2 Å². The normalized spacial score (nSPS) is 10.5. The molecule has 0 bridgehead atoms. The van der Waals surface area contributed by atoms with E-state index in [0.717, 1.165) is 42.1 Å². The summed E-state index contributed by atoms with van der Waals surface area (Å²) in [5.74, 6) is 1.38. The summed E-state index contributed by atoms with van der Waals surface area (Å²) in [6.45, 7) is 2.88. The zero-order valence-corrected chi connectivity index (χ0v) is 15.2. The molecule has 0 fully saturated rings. The van der Waals surface area contributed by atoms with Crippen LogP contribution >= 0.6 is 11.3 Å². The number of hydrogen-bond donors (Lipinski definition) is 1. The largest absolute Gasteiger partial charge is 0.493 e. The van der Waals surface area contributed by atoms with Gasteiger partial charge in [0.25, 0.3) is 0 Å². The molecule has 1 amide bonds. The SMILES string of the molecule is CCCCCNC(=O)Cc1csc(-c2ccc(OC)c(OC)c2)n1. The van der Waals surface area contributed by atoms with Crippen LogP contribution in [0.3, 0.4) is 0 Å². The van der Waals surface area contributed by atoms with Crippen molar-refractivity contribution in [3.8, 4) is 22.1 Å². The highest BCUT2D eigenvalue weighted by Crippen LogP contribution is 2.33. The maximum atomic E-state index is 11.9. The van der Waals surface area contributed by atoms with Gasteiger partial charge in [0.15, 0.2) is 11.5 Å². The van der Waals surface area contributed by atoms with Gasteiger partial charge in [-0.2, -0.15) is 0 Å². The van der Waals surface area contributed by atoms with Crippen LogP contribution in [-0.2, 0) is 11.2 Å². The molecule has 2 aromatic rings. The van der Waals surface area contributed by atoms with E-state index in [4.69, 9.17) is 9.47 Å². The molecule has 24 heavy (non-hydrogen) atoms. The van der Waals surface area contributed by atoms with Gasteiger partial charge in [-0.3, -0.25) is 4.79 Å². The van der Waals surface area contributed by atoms with Gasteiger partial charge in [0.05, 0.1) is 26.3 Å². The highest BCUT2D eigenvalue weighted by molar-refractivity contribution is 7.13. The van der Waals surface area contributed by atoms with Crippen molar-refractivity contribution in [1.82, 2.24) is 10.3 Å². The fourth-order valence-corrected chi connectivity index (χ4v) is 3.14. The second-order valence-corrected chi connectivity index (χ2v) is 6.31. The van der Waals surface area contributed by atoms with Gasteiger partial charge in [-0.15, -0.1) is 11.3 Å². The molecule has 0 aliphatic rings. The van der Waals surface area contributed by atoms with Crippen LogP contribution in [-0.4, -0.2) is 31.7 Å². The smallest absolute Gasteiger partial charge is 0.226 e. The summed E-state index contributed by atoms with van der Waals surface area (Å²) >= 11 is 1.52. The number of ether oxygens (including phenoxy) is 2. The van der Waals surface area contributed by atoms with Crippen LogP contribution < -0.4 is 14.8 Å². The Labute approximate surface area is 147 Å². The van der Waals surface area contributed by atoms with Crippen molar-refractivity contribution in [2.75, 3.05) is 20.8 Å². The van der Waals surface area contributed by atoms with Gasteiger partial charge in [0.1, 0.15) is 5.01 Å². The number of carbonyl (C=O) groups excluding carboxylic acids is 1. The van der Waals surface area contributed by atoms with Gasteiger partial charge < -0.3 is 14.8 Å². The first-order valence-electron chi connectivity index (χ1n) is 8.11. The number of amides is 1. The molecule has 0 spiro atoms. The molecular formula is C18H24N2O3S. The Hall–Kier alpha value is -2.08. The molecule has 0 saturated carbocycles. The zero-order valence-electron chi connectivity index (χ0n) is 14.4. The van der Waals surface area contributed by atoms with Crippen molar-refractivity contribution >= 4 is 17.2 Å². The Morgan fingerprint density at radius 3 is 2.71 bits per heavy atom. The standard InChI is InChI=1S/C18H24N2O3S/c1-4-5-6-9-19-17(21)11-14-12-24-18(20-14)13-7-8-15(22-2)16(10-13)23-3/h7-8,10,12H,4-6,9,11H2,1-3H3,(H,19,21). The molecule has 1 aromatic carbocycles. The number of benzene rings is 1. The van der Waals surface area contributed by atoms with E-state index in [1.807, 2.05) is 23.6 Å². The Kier molecular flexibility index (Phi) is 7.06. The van der Waals surface area contributed by atoms with Crippen molar-refractivity contribution < 1.29 is 14.3 Å². The number of aromatic nitrogens is 1. The highest BCUT2D eigenvalue weighted by atomic mass is 32.1. The average Bonchev–Trinajstić information content (AvgIpc) is 3.06. The Morgan fingerprint density at radius 2 is 2.00 bits per heavy atom. The zero-order chi connectivity index (χ0) is 17.4. The molecule has 0 aliphatic carbocycles. The molecule has 0 atom stereocenters. The number of nitrogens with zero attached hydrogens (tertiary/aromatic N) is 1. The number of hydrogen-bond acceptors (Lipinski definition) is 5. The fraction of sp³-hybridized carbons (Fsp3) is 0.444. The second-order valence-electron chi connectivity index (χ2n) is 5.45. The first-order valence-corrected chi connectivity index (χ1v) is 8.99. The van der Waals surface area contributed by atoms with Crippen LogP contribution in [0.5, 0.6) is 11.5 Å². The number of rotatable bonds is 9. The van der Waals surface area contributed by atoms with Crippen LogP contribution in [0.25, 0.3) is 10.6 Å². The van der Waals surface area contributed by atoms with Gasteiger partial charge in [-0.25, -0.2) is 4.98 Å². The molecule has 0 saturated heterocycles. The number of unbranched alkanes of at least 4 members (excludes halogenated alkanes) is 2. The van der Waals surface area contributed by atoms with E-state index in [-0.39, 0.29) is 5.91 Å². The fourth-order valence-electron chi connectivity index (χ4n) is 2.32. The Bertz CT molecular complexity index is 670.